The highest BCUT2D eigenvalue weighted by Gasteiger charge is 2.25. The number of Topliss-reactive ketones (excluding diaryl/α,β-unsaturated/α-hetero) is 1. The molecular formula is C25H29N5O4. The van der Waals surface area contributed by atoms with Crippen molar-refractivity contribution in [3.63, 3.8) is 0 Å². The number of carbonyl (C=O) groups excluding carboxylic acids is 3. The van der Waals surface area contributed by atoms with E-state index in [4.69, 9.17) is 4.74 Å². The van der Waals surface area contributed by atoms with Crippen LogP contribution < -0.4 is 10.6 Å². The summed E-state index contributed by atoms with van der Waals surface area (Å²) in [4.78, 5) is 46.2. The second-order valence-corrected chi connectivity index (χ2v) is 8.76. The molecule has 3 rings (SSSR count). The number of aromatic nitrogens is 3. The molecule has 3 aromatic rings. The van der Waals surface area contributed by atoms with Gasteiger partial charge in [0.15, 0.2) is 5.78 Å². The molecule has 178 valence electrons. The summed E-state index contributed by atoms with van der Waals surface area (Å²) in [5, 5.41) is 5.20. The van der Waals surface area contributed by atoms with Gasteiger partial charge in [-0.15, -0.1) is 0 Å². The molecule has 0 unspecified atom stereocenters. The fourth-order valence-electron chi connectivity index (χ4n) is 3.24. The minimum Gasteiger partial charge on any atom is -0.444 e. The van der Waals surface area contributed by atoms with Gasteiger partial charge in [-0.3, -0.25) is 14.6 Å². The Bertz CT molecular complexity index is 1130. The Balaban J connectivity index is 1.63. The second-order valence-electron chi connectivity index (χ2n) is 8.76. The average Bonchev–Trinajstić information content (AvgIpc) is 3.22. The fraction of sp³-hybridized carbons (Fsp3) is 0.320. The maximum absolute atomic E-state index is 12.9. The topological polar surface area (TPSA) is 115 Å². The summed E-state index contributed by atoms with van der Waals surface area (Å²) in [5.74, 6) is 0.0782. The summed E-state index contributed by atoms with van der Waals surface area (Å²) in [6.45, 7) is 6.88. The van der Waals surface area contributed by atoms with Crippen molar-refractivity contribution in [2.45, 2.75) is 45.8 Å². The molecule has 0 aliphatic heterocycles. The van der Waals surface area contributed by atoms with Crippen molar-refractivity contribution in [1.29, 1.82) is 0 Å². The van der Waals surface area contributed by atoms with E-state index in [1.807, 2.05) is 29.8 Å². The zero-order valence-corrected chi connectivity index (χ0v) is 19.7. The van der Waals surface area contributed by atoms with Gasteiger partial charge in [-0.05, 0) is 64.1 Å². The number of ketones is 1. The largest absolute Gasteiger partial charge is 0.444 e. The molecule has 9 nitrogen and oxygen atoms in total. The van der Waals surface area contributed by atoms with Gasteiger partial charge in [0.2, 0.25) is 5.91 Å². The number of amides is 2. The third-order valence-corrected chi connectivity index (χ3v) is 4.86. The van der Waals surface area contributed by atoms with E-state index in [0.29, 0.717) is 11.3 Å². The number of ether oxygens (including phenoxy) is 1. The summed E-state index contributed by atoms with van der Waals surface area (Å²) in [6, 6.07) is 11.4. The van der Waals surface area contributed by atoms with Gasteiger partial charge in [-0.25, -0.2) is 9.78 Å². The number of hydrogen-bond acceptors (Lipinski definition) is 6. The van der Waals surface area contributed by atoms with Crippen LogP contribution >= 0.6 is 0 Å². The SMILES string of the molecule is Cc1nccn1-c1ccc(C(=O)CNC(=O)[C@H](Cc2ccccn2)NC(=O)OC(C)(C)C)cc1. The molecule has 2 aromatic heterocycles. The standard InChI is InChI=1S/C25H29N5O4/c1-17-26-13-14-30(17)20-10-8-18(9-11-20)22(31)16-28-23(32)21(15-19-7-5-6-12-27-19)29-24(33)34-25(2,3)4/h5-14,21H,15-16H2,1-4H3,(H,28,32)(H,29,33)/t21-/m0/s1. The third-order valence-electron chi connectivity index (χ3n) is 4.86. The predicted molar refractivity (Wildman–Crippen MR) is 127 cm³/mol. The van der Waals surface area contributed by atoms with Crippen LogP contribution in [-0.4, -0.2) is 50.5 Å². The first-order valence-electron chi connectivity index (χ1n) is 10.9. The Kier molecular flexibility index (Phi) is 7.78. The molecule has 1 aromatic carbocycles. The quantitative estimate of drug-likeness (QED) is 0.496. The van der Waals surface area contributed by atoms with Gasteiger partial charge < -0.3 is 19.9 Å². The molecule has 0 radical (unpaired) electrons. The van der Waals surface area contributed by atoms with Crippen molar-refractivity contribution in [3.8, 4) is 5.69 Å². The van der Waals surface area contributed by atoms with Crippen molar-refractivity contribution in [2.24, 2.45) is 0 Å². The lowest BCUT2D eigenvalue weighted by Crippen LogP contribution is -2.50. The smallest absolute Gasteiger partial charge is 0.408 e. The zero-order valence-electron chi connectivity index (χ0n) is 19.7. The monoisotopic (exact) mass is 463 g/mol. The lowest BCUT2D eigenvalue weighted by atomic mass is 10.1. The van der Waals surface area contributed by atoms with Crippen LogP contribution in [0, 0.1) is 6.92 Å². The highest BCUT2D eigenvalue weighted by atomic mass is 16.6. The van der Waals surface area contributed by atoms with Gasteiger partial charge in [0.1, 0.15) is 17.5 Å². The van der Waals surface area contributed by atoms with Crippen LogP contribution in [0.1, 0.15) is 42.6 Å². The normalized spacial score (nSPS) is 12.0. The van der Waals surface area contributed by atoms with Crippen LogP contribution in [0.5, 0.6) is 0 Å². The number of nitrogens with one attached hydrogen (secondary N) is 2. The van der Waals surface area contributed by atoms with Crippen molar-refractivity contribution in [3.05, 3.63) is 78.1 Å². The van der Waals surface area contributed by atoms with Gasteiger partial charge in [-0.1, -0.05) is 6.07 Å². The Morgan fingerprint density at radius 1 is 1.03 bits per heavy atom. The van der Waals surface area contributed by atoms with Crippen LogP contribution in [-0.2, 0) is 16.0 Å². The zero-order chi connectivity index (χ0) is 24.7. The maximum atomic E-state index is 12.9. The van der Waals surface area contributed by atoms with Gasteiger partial charge >= 0.3 is 6.09 Å². The van der Waals surface area contributed by atoms with Crippen molar-refractivity contribution in [1.82, 2.24) is 25.2 Å². The molecule has 1 atom stereocenters. The van der Waals surface area contributed by atoms with E-state index in [0.717, 1.165) is 11.5 Å². The Morgan fingerprint density at radius 2 is 1.76 bits per heavy atom. The molecule has 0 saturated carbocycles. The number of hydrogen-bond donors (Lipinski definition) is 2. The van der Waals surface area contributed by atoms with E-state index in [2.05, 4.69) is 20.6 Å². The van der Waals surface area contributed by atoms with E-state index in [1.165, 1.54) is 0 Å². The molecular weight excluding hydrogens is 434 g/mol. The van der Waals surface area contributed by atoms with Gasteiger partial charge in [-0.2, -0.15) is 0 Å². The molecule has 0 bridgehead atoms. The van der Waals surface area contributed by atoms with Crippen LogP contribution in [0.25, 0.3) is 5.69 Å². The maximum Gasteiger partial charge on any atom is 0.408 e. The third kappa shape index (κ3) is 6.99. The summed E-state index contributed by atoms with van der Waals surface area (Å²) in [5.41, 5.74) is 1.25. The molecule has 34 heavy (non-hydrogen) atoms. The Morgan fingerprint density at radius 3 is 2.35 bits per heavy atom. The number of alkyl carbamates (subject to hydrolysis) is 1. The van der Waals surface area contributed by atoms with Gasteiger partial charge in [0, 0.05) is 42.0 Å². The van der Waals surface area contributed by atoms with Gasteiger partial charge in [0.25, 0.3) is 0 Å². The van der Waals surface area contributed by atoms with Crippen LogP contribution in [0.15, 0.2) is 61.1 Å². The lowest BCUT2D eigenvalue weighted by molar-refractivity contribution is -0.123. The highest BCUT2D eigenvalue weighted by molar-refractivity contribution is 6.00. The molecule has 9 heteroatoms. The minimum atomic E-state index is -0.954. The molecule has 2 amide bonds. The van der Waals surface area contributed by atoms with E-state index in [1.54, 1.807) is 63.5 Å². The molecule has 0 saturated heterocycles. The first-order chi connectivity index (χ1) is 16.1. The number of pyridine rings is 1. The number of nitrogens with zero attached hydrogens (tertiary/aromatic N) is 3. The fourth-order valence-corrected chi connectivity index (χ4v) is 3.24. The second kappa shape index (κ2) is 10.7. The number of aryl methyl sites for hydroxylation is 1. The molecule has 2 N–H and O–H groups in total. The summed E-state index contributed by atoms with van der Waals surface area (Å²) >= 11 is 0. The van der Waals surface area contributed by atoms with Crippen molar-refractivity contribution >= 4 is 17.8 Å². The Labute approximate surface area is 198 Å². The summed E-state index contributed by atoms with van der Waals surface area (Å²) in [7, 11) is 0. The highest BCUT2D eigenvalue weighted by Crippen LogP contribution is 2.12. The molecule has 0 fully saturated rings. The van der Waals surface area contributed by atoms with Crippen LogP contribution in [0.2, 0.25) is 0 Å². The van der Waals surface area contributed by atoms with Crippen LogP contribution in [0.4, 0.5) is 4.79 Å². The Hall–Kier alpha value is -4.01. The summed E-state index contributed by atoms with van der Waals surface area (Å²) < 4.78 is 7.18. The minimum absolute atomic E-state index is 0.152. The van der Waals surface area contributed by atoms with Crippen LogP contribution in [0.3, 0.4) is 0 Å². The first-order valence-corrected chi connectivity index (χ1v) is 10.9. The number of carbonyl (C=O) groups is 3. The number of benzene rings is 1. The molecule has 2 heterocycles. The number of imidazole rings is 1. The van der Waals surface area contributed by atoms with E-state index < -0.39 is 23.6 Å². The van der Waals surface area contributed by atoms with Crippen molar-refractivity contribution < 1.29 is 19.1 Å². The average molecular weight is 464 g/mol. The molecule has 0 spiro atoms. The van der Waals surface area contributed by atoms with Gasteiger partial charge in [0.05, 0.1) is 6.54 Å². The molecule has 0 aliphatic rings. The van der Waals surface area contributed by atoms with E-state index in [-0.39, 0.29) is 18.7 Å². The first kappa shape index (κ1) is 24.6. The van der Waals surface area contributed by atoms with E-state index >= 15 is 0 Å². The predicted octanol–water partition coefficient (Wildman–Crippen LogP) is 3.01. The van der Waals surface area contributed by atoms with E-state index in [9.17, 15) is 14.4 Å². The lowest BCUT2D eigenvalue weighted by Gasteiger charge is -2.23. The molecule has 0 aliphatic carbocycles. The summed E-state index contributed by atoms with van der Waals surface area (Å²) in [6.07, 6.45) is 4.58. The van der Waals surface area contributed by atoms with Crippen molar-refractivity contribution in [2.75, 3.05) is 6.54 Å². The number of rotatable bonds is 8.